The van der Waals surface area contributed by atoms with Crippen LogP contribution in [0.4, 0.5) is 0 Å². The quantitative estimate of drug-likeness (QED) is 0.335. The molecule has 1 unspecified atom stereocenters. The van der Waals surface area contributed by atoms with Gasteiger partial charge in [-0.2, -0.15) is 0 Å². The number of amidine groups is 1. The normalized spacial score (nSPS) is 13.2. The second kappa shape index (κ2) is 6.19. The van der Waals surface area contributed by atoms with Gasteiger partial charge in [-0.05, 0) is 34.5 Å². The molecule has 0 saturated heterocycles. The van der Waals surface area contributed by atoms with Crippen LogP contribution >= 0.6 is 15.9 Å². The zero-order chi connectivity index (χ0) is 12.8. The first kappa shape index (κ1) is 13.4. The molecule has 0 aliphatic rings. The predicted molar refractivity (Wildman–Crippen MR) is 66.9 cm³/mol. The molecule has 1 amide bonds. The number of halogens is 1. The minimum Gasteiger partial charge on any atom is -0.409 e. The van der Waals surface area contributed by atoms with Crippen molar-refractivity contribution in [1.29, 1.82) is 0 Å². The fraction of sp³-hybridized carbons (Fsp3) is 0.300. The highest BCUT2D eigenvalue weighted by Crippen LogP contribution is 2.07. The van der Waals surface area contributed by atoms with Gasteiger partial charge in [-0.3, -0.25) is 4.79 Å². The summed E-state index contributed by atoms with van der Waals surface area (Å²) in [7, 11) is 0. The summed E-state index contributed by atoms with van der Waals surface area (Å²) in [5, 5.41) is 14.0. The number of pyridine rings is 1. The van der Waals surface area contributed by atoms with E-state index in [0.717, 1.165) is 4.47 Å². The molecule has 1 heterocycles. The van der Waals surface area contributed by atoms with Gasteiger partial charge in [0.2, 0.25) is 0 Å². The van der Waals surface area contributed by atoms with E-state index in [2.05, 4.69) is 31.4 Å². The first-order valence-corrected chi connectivity index (χ1v) is 5.77. The minimum absolute atomic E-state index is 0.0297. The predicted octanol–water partition coefficient (Wildman–Crippen LogP) is 1.10. The summed E-state index contributed by atoms with van der Waals surface area (Å²) in [4.78, 5) is 15.7. The van der Waals surface area contributed by atoms with E-state index in [1.165, 1.54) is 6.20 Å². The van der Waals surface area contributed by atoms with Crippen LogP contribution in [0.1, 0.15) is 23.8 Å². The molecule has 0 radical (unpaired) electrons. The lowest BCUT2D eigenvalue weighted by atomic mass is 10.2. The topological polar surface area (TPSA) is 101 Å². The number of nitrogens with two attached hydrogens (primary N) is 1. The van der Waals surface area contributed by atoms with E-state index in [0.29, 0.717) is 6.42 Å². The maximum atomic E-state index is 11.8. The van der Waals surface area contributed by atoms with Crippen molar-refractivity contribution in [3.8, 4) is 0 Å². The average Bonchev–Trinajstić information content (AvgIpc) is 2.35. The standard InChI is InChI=1S/C10H13BrN4O2/c1-2-7(9(12)15-17)14-10(16)8-4-3-6(11)5-13-8/h3-5,7,17H,2H2,1H3,(H2,12,15)(H,14,16). The molecule has 0 saturated carbocycles. The molecule has 6 nitrogen and oxygen atoms in total. The van der Waals surface area contributed by atoms with Gasteiger partial charge in [-0.15, -0.1) is 0 Å². The van der Waals surface area contributed by atoms with Crippen LogP contribution in [0.5, 0.6) is 0 Å². The third-order valence-electron chi connectivity index (χ3n) is 2.15. The Hall–Kier alpha value is -1.63. The lowest BCUT2D eigenvalue weighted by Gasteiger charge is -2.14. The molecule has 1 aromatic heterocycles. The molecule has 7 heteroatoms. The zero-order valence-electron chi connectivity index (χ0n) is 9.22. The number of amides is 1. The molecular weight excluding hydrogens is 288 g/mol. The number of carbonyl (C=O) groups is 1. The van der Waals surface area contributed by atoms with Gasteiger partial charge in [0.15, 0.2) is 5.84 Å². The van der Waals surface area contributed by atoms with Crippen LogP contribution in [-0.4, -0.2) is 28.0 Å². The Morgan fingerprint density at radius 3 is 2.88 bits per heavy atom. The Kier molecular flexibility index (Phi) is 4.89. The van der Waals surface area contributed by atoms with Crippen LogP contribution in [-0.2, 0) is 0 Å². The highest BCUT2D eigenvalue weighted by atomic mass is 79.9. The smallest absolute Gasteiger partial charge is 0.270 e. The summed E-state index contributed by atoms with van der Waals surface area (Å²) in [5.74, 6) is -0.395. The molecule has 1 rings (SSSR count). The number of hydrogen-bond acceptors (Lipinski definition) is 4. The van der Waals surface area contributed by atoms with E-state index in [4.69, 9.17) is 10.9 Å². The van der Waals surface area contributed by atoms with Gasteiger partial charge in [0.05, 0.1) is 6.04 Å². The van der Waals surface area contributed by atoms with Gasteiger partial charge in [-0.25, -0.2) is 4.98 Å². The number of hydrogen-bond donors (Lipinski definition) is 3. The molecule has 0 aromatic carbocycles. The molecule has 0 spiro atoms. The Morgan fingerprint density at radius 1 is 1.71 bits per heavy atom. The van der Waals surface area contributed by atoms with Gasteiger partial charge in [-0.1, -0.05) is 12.1 Å². The molecule has 0 fully saturated rings. The fourth-order valence-corrected chi connectivity index (χ4v) is 1.43. The SMILES string of the molecule is CCC(NC(=O)c1ccc(Br)cn1)C(N)=NO. The monoisotopic (exact) mass is 300 g/mol. The third kappa shape index (κ3) is 3.70. The Morgan fingerprint density at radius 2 is 2.41 bits per heavy atom. The van der Waals surface area contributed by atoms with Crippen molar-refractivity contribution in [2.24, 2.45) is 10.9 Å². The number of oxime groups is 1. The average molecular weight is 301 g/mol. The van der Waals surface area contributed by atoms with Crippen molar-refractivity contribution in [3.63, 3.8) is 0 Å². The summed E-state index contributed by atoms with van der Waals surface area (Å²) in [6.45, 7) is 1.82. The Balaban J connectivity index is 2.74. The molecule has 92 valence electrons. The molecule has 1 atom stereocenters. The first-order chi connectivity index (χ1) is 8.08. The lowest BCUT2D eigenvalue weighted by Crippen LogP contribution is -2.44. The third-order valence-corrected chi connectivity index (χ3v) is 2.62. The van der Waals surface area contributed by atoms with Crippen molar-refractivity contribution in [3.05, 3.63) is 28.5 Å². The second-order valence-electron chi connectivity index (χ2n) is 3.32. The number of rotatable bonds is 4. The number of carbonyl (C=O) groups excluding carboxylic acids is 1. The molecular formula is C10H13BrN4O2. The van der Waals surface area contributed by atoms with Crippen molar-refractivity contribution in [1.82, 2.24) is 10.3 Å². The fourth-order valence-electron chi connectivity index (χ4n) is 1.20. The van der Waals surface area contributed by atoms with Crippen LogP contribution in [0.3, 0.4) is 0 Å². The van der Waals surface area contributed by atoms with Crippen molar-refractivity contribution in [2.75, 3.05) is 0 Å². The second-order valence-corrected chi connectivity index (χ2v) is 4.24. The number of aromatic nitrogens is 1. The van der Waals surface area contributed by atoms with Crippen LogP contribution in [0, 0.1) is 0 Å². The van der Waals surface area contributed by atoms with Crippen LogP contribution in [0.15, 0.2) is 28.0 Å². The summed E-state index contributed by atoms with van der Waals surface area (Å²) in [5.41, 5.74) is 5.71. The van der Waals surface area contributed by atoms with E-state index in [9.17, 15) is 4.79 Å². The Labute approximate surface area is 107 Å². The molecule has 4 N–H and O–H groups in total. The molecule has 0 bridgehead atoms. The molecule has 1 aromatic rings. The van der Waals surface area contributed by atoms with E-state index < -0.39 is 6.04 Å². The van der Waals surface area contributed by atoms with Crippen molar-refractivity contribution < 1.29 is 10.0 Å². The maximum absolute atomic E-state index is 11.8. The van der Waals surface area contributed by atoms with Gasteiger partial charge >= 0.3 is 0 Å². The lowest BCUT2D eigenvalue weighted by molar-refractivity contribution is 0.0940. The maximum Gasteiger partial charge on any atom is 0.270 e. The van der Waals surface area contributed by atoms with E-state index in [1.807, 2.05) is 6.92 Å². The number of nitrogens with one attached hydrogen (secondary N) is 1. The summed E-state index contributed by atoms with van der Waals surface area (Å²) >= 11 is 3.23. The minimum atomic E-state index is -0.502. The molecule has 0 aliphatic carbocycles. The van der Waals surface area contributed by atoms with Gasteiger partial charge < -0.3 is 16.3 Å². The van der Waals surface area contributed by atoms with Crippen LogP contribution < -0.4 is 11.1 Å². The van der Waals surface area contributed by atoms with E-state index in [-0.39, 0.29) is 17.4 Å². The van der Waals surface area contributed by atoms with Gasteiger partial charge in [0.25, 0.3) is 5.91 Å². The number of nitrogens with zero attached hydrogens (tertiary/aromatic N) is 2. The highest BCUT2D eigenvalue weighted by molar-refractivity contribution is 9.10. The largest absolute Gasteiger partial charge is 0.409 e. The zero-order valence-corrected chi connectivity index (χ0v) is 10.8. The summed E-state index contributed by atoms with van der Waals surface area (Å²) in [6.07, 6.45) is 2.05. The van der Waals surface area contributed by atoms with Crippen LogP contribution in [0.2, 0.25) is 0 Å². The van der Waals surface area contributed by atoms with E-state index >= 15 is 0 Å². The molecule has 17 heavy (non-hydrogen) atoms. The Bertz CT molecular complexity index is 419. The highest BCUT2D eigenvalue weighted by Gasteiger charge is 2.16. The van der Waals surface area contributed by atoms with Crippen LogP contribution in [0.25, 0.3) is 0 Å². The van der Waals surface area contributed by atoms with Crippen molar-refractivity contribution >= 4 is 27.7 Å². The summed E-state index contributed by atoms with van der Waals surface area (Å²) in [6, 6.07) is 2.79. The van der Waals surface area contributed by atoms with Gasteiger partial charge in [0, 0.05) is 10.7 Å². The molecule has 0 aliphatic heterocycles. The van der Waals surface area contributed by atoms with E-state index in [1.54, 1.807) is 12.1 Å². The first-order valence-electron chi connectivity index (χ1n) is 4.98. The van der Waals surface area contributed by atoms with Gasteiger partial charge in [0.1, 0.15) is 5.69 Å². The summed E-state index contributed by atoms with van der Waals surface area (Å²) < 4.78 is 0.789. The van der Waals surface area contributed by atoms with Crippen molar-refractivity contribution in [2.45, 2.75) is 19.4 Å².